The Morgan fingerprint density at radius 2 is 1.94 bits per heavy atom. The fourth-order valence-corrected chi connectivity index (χ4v) is 2.22. The third kappa shape index (κ3) is 1.54. The van der Waals surface area contributed by atoms with Crippen LogP contribution in [0.2, 0.25) is 0 Å². The monoisotopic (exact) mass is 211 g/mol. The third-order valence-electron chi connectivity index (χ3n) is 3.03. The fourth-order valence-electron chi connectivity index (χ4n) is 2.22. The maximum atomic E-state index is 5.66. The van der Waals surface area contributed by atoms with Crippen LogP contribution in [0, 0.1) is 0 Å². The number of aryl methyl sites for hydroxylation is 2. The van der Waals surface area contributed by atoms with Gasteiger partial charge in [-0.25, -0.2) is 9.97 Å². The van der Waals surface area contributed by atoms with Gasteiger partial charge in [0.15, 0.2) is 5.82 Å². The molecule has 3 heteroatoms. The minimum absolute atomic E-state index is 0.519. The Morgan fingerprint density at radius 3 is 2.81 bits per heavy atom. The van der Waals surface area contributed by atoms with E-state index in [0.29, 0.717) is 5.82 Å². The third-order valence-corrected chi connectivity index (χ3v) is 3.03. The van der Waals surface area contributed by atoms with Crippen LogP contribution in [0.25, 0.3) is 11.4 Å². The second-order valence-corrected chi connectivity index (χ2v) is 4.14. The van der Waals surface area contributed by atoms with Gasteiger partial charge in [0.05, 0.1) is 0 Å². The lowest BCUT2D eigenvalue weighted by molar-refractivity contribution is 0.912. The topological polar surface area (TPSA) is 51.8 Å². The van der Waals surface area contributed by atoms with Gasteiger partial charge in [0.2, 0.25) is 0 Å². The molecule has 0 spiro atoms. The zero-order valence-corrected chi connectivity index (χ0v) is 8.98. The smallest absolute Gasteiger partial charge is 0.161 e. The molecule has 0 unspecified atom stereocenters. The van der Waals surface area contributed by atoms with Crippen molar-refractivity contribution < 1.29 is 0 Å². The largest absolute Gasteiger partial charge is 0.384 e. The molecule has 0 fully saturated rings. The summed E-state index contributed by atoms with van der Waals surface area (Å²) >= 11 is 0. The molecule has 0 saturated carbocycles. The van der Waals surface area contributed by atoms with E-state index in [1.807, 2.05) is 0 Å². The lowest BCUT2D eigenvalue weighted by Gasteiger charge is -2.04. The number of rotatable bonds is 1. The normalized spacial score (nSPS) is 13.8. The van der Waals surface area contributed by atoms with E-state index in [1.54, 1.807) is 12.3 Å². The molecule has 0 aliphatic heterocycles. The highest BCUT2D eigenvalue weighted by Crippen LogP contribution is 2.26. The molecule has 3 rings (SSSR count). The van der Waals surface area contributed by atoms with Gasteiger partial charge in [-0.2, -0.15) is 0 Å². The van der Waals surface area contributed by atoms with Crippen molar-refractivity contribution in [3.05, 3.63) is 41.6 Å². The number of benzene rings is 1. The number of hydrogen-bond acceptors (Lipinski definition) is 3. The first kappa shape index (κ1) is 9.33. The Labute approximate surface area is 94.4 Å². The van der Waals surface area contributed by atoms with Crippen LogP contribution in [-0.2, 0) is 12.8 Å². The van der Waals surface area contributed by atoms with E-state index in [4.69, 9.17) is 5.73 Å². The molecule has 2 N–H and O–H groups in total. The van der Waals surface area contributed by atoms with Crippen LogP contribution in [0.4, 0.5) is 5.82 Å². The molecular formula is C13H13N3. The SMILES string of the molecule is Nc1ccnc(-c2ccc3c(c2)CCC3)n1. The predicted octanol–water partition coefficient (Wildman–Crippen LogP) is 2.21. The van der Waals surface area contributed by atoms with Crippen LogP contribution in [0.5, 0.6) is 0 Å². The summed E-state index contributed by atoms with van der Waals surface area (Å²) in [6, 6.07) is 8.16. The molecular weight excluding hydrogens is 198 g/mol. The van der Waals surface area contributed by atoms with Crippen LogP contribution in [0.1, 0.15) is 17.5 Å². The van der Waals surface area contributed by atoms with Crippen molar-refractivity contribution in [2.24, 2.45) is 0 Å². The summed E-state index contributed by atoms with van der Waals surface area (Å²) in [4.78, 5) is 8.48. The van der Waals surface area contributed by atoms with Crippen molar-refractivity contribution in [1.29, 1.82) is 0 Å². The van der Waals surface area contributed by atoms with Gasteiger partial charge in [-0.1, -0.05) is 12.1 Å². The molecule has 0 atom stereocenters. The number of fused-ring (bicyclic) bond motifs is 1. The maximum Gasteiger partial charge on any atom is 0.161 e. The molecule has 1 aromatic heterocycles. The van der Waals surface area contributed by atoms with Gasteiger partial charge in [0, 0.05) is 11.8 Å². The molecule has 0 radical (unpaired) electrons. The molecule has 80 valence electrons. The number of anilines is 1. The van der Waals surface area contributed by atoms with Gasteiger partial charge >= 0.3 is 0 Å². The number of aromatic nitrogens is 2. The molecule has 2 aromatic rings. The van der Waals surface area contributed by atoms with Gasteiger partial charge in [0.25, 0.3) is 0 Å². The second kappa shape index (κ2) is 3.59. The predicted molar refractivity (Wildman–Crippen MR) is 63.9 cm³/mol. The van der Waals surface area contributed by atoms with Crippen LogP contribution < -0.4 is 5.73 Å². The first-order chi connectivity index (χ1) is 7.83. The van der Waals surface area contributed by atoms with Crippen molar-refractivity contribution in [3.63, 3.8) is 0 Å². The fraction of sp³-hybridized carbons (Fsp3) is 0.231. The van der Waals surface area contributed by atoms with E-state index in [9.17, 15) is 0 Å². The van der Waals surface area contributed by atoms with Crippen LogP contribution in [0.3, 0.4) is 0 Å². The van der Waals surface area contributed by atoms with Gasteiger partial charge in [-0.15, -0.1) is 0 Å². The van der Waals surface area contributed by atoms with Crippen LogP contribution in [0.15, 0.2) is 30.5 Å². The highest BCUT2D eigenvalue weighted by atomic mass is 14.9. The first-order valence-electron chi connectivity index (χ1n) is 5.53. The van der Waals surface area contributed by atoms with E-state index in [2.05, 4.69) is 28.2 Å². The summed E-state index contributed by atoms with van der Waals surface area (Å²) in [7, 11) is 0. The minimum atomic E-state index is 0.519. The Balaban J connectivity index is 2.07. The molecule has 1 aromatic carbocycles. The number of hydrogen-bond donors (Lipinski definition) is 1. The standard InChI is InChI=1S/C13H13N3/c14-12-6-7-15-13(16-12)11-5-4-9-2-1-3-10(9)8-11/h4-8H,1-3H2,(H2,14,15,16). The summed E-state index contributed by atoms with van der Waals surface area (Å²) in [5.41, 5.74) is 9.62. The second-order valence-electron chi connectivity index (χ2n) is 4.14. The molecule has 1 aliphatic rings. The summed E-state index contributed by atoms with van der Waals surface area (Å²) in [6.07, 6.45) is 5.33. The number of nitrogen functional groups attached to an aromatic ring is 1. The lowest BCUT2D eigenvalue weighted by atomic mass is 10.1. The Bertz CT molecular complexity index is 534. The van der Waals surface area contributed by atoms with Crippen molar-refractivity contribution >= 4 is 5.82 Å². The molecule has 0 amide bonds. The molecule has 16 heavy (non-hydrogen) atoms. The minimum Gasteiger partial charge on any atom is -0.384 e. The zero-order valence-electron chi connectivity index (χ0n) is 8.98. The number of nitrogens with zero attached hydrogens (tertiary/aromatic N) is 2. The summed E-state index contributed by atoms with van der Waals surface area (Å²) in [5, 5.41) is 0. The van der Waals surface area contributed by atoms with Gasteiger partial charge in [0.1, 0.15) is 5.82 Å². The highest BCUT2D eigenvalue weighted by Gasteiger charge is 2.12. The first-order valence-corrected chi connectivity index (χ1v) is 5.53. The van der Waals surface area contributed by atoms with E-state index in [0.717, 1.165) is 11.4 Å². The highest BCUT2D eigenvalue weighted by molar-refractivity contribution is 5.59. The average molecular weight is 211 g/mol. The zero-order chi connectivity index (χ0) is 11.0. The quantitative estimate of drug-likeness (QED) is 0.786. The summed E-state index contributed by atoms with van der Waals surface area (Å²) in [6.45, 7) is 0. The van der Waals surface area contributed by atoms with Crippen LogP contribution in [-0.4, -0.2) is 9.97 Å². The summed E-state index contributed by atoms with van der Waals surface area (Å²) in [5.74, 6) is 1.24. The van der Waals surface area contributed by atoms with Gasteiger partial charge < -0.3 is 5.73 Å². The van der Waals surface area contributed by atoms with E-state index >= 15 is 0 Å². The van der Waals surface area contributed by atoms with E-state index < -0.39 is 0 Å². The molecule has 0 bridgehead atoms. The molecule has 1 heterocycles. The van der Waals surface area contributed by atoms with E-state index in [-0.39, 0.29) is 0 Å². The van der Waals surface area contributed by atoms with Crippen molar-refractivity contribution in [3.8, 4) is 11.4 Å². The van der Waals surface area contributed by atoms with Crippen molar-refractivity contribution in [1.82, 2.24) is 9.97 Å². The lowest BCUT2D eigenvalue weighted by Crippen LogP contribution is -1.95. The molecule has 3 nitrogen and oxygen atoms in total. The van der Waals surface area contributed by atoms with Crippen molar-refractivity contribution in [2.75, 3.05) is 5.73 Å². The number of nitrogens with two attached hydrogens (primary N) is 1. The Hall–Kier alpha value is -1.90. The molecule has 0 saturated heterocycles. The molecule has 1 aliphatic carbocycles. The Morgan fingerprint density at radius 1 is 1.06 bits per heavy atom. The summed E-state index contributed by atoms with van der Waals surface area (Å²) < 4.78 is 0. The van der Waals surface area contributed by atoms with Gasteiger partial charge in [-0.3, -0.25) is 0 Å². The Kier molecular flexibility index (Phi) is 2.10. The van der Waals surface area contributed by atoms with Gasteiger partial charge in [-0.05, 0) is 42.5 Å². The van der Waals surface area contributed by atoms with Crippen molar-refractivity contribution in [2.45, 2.75) is 19.3 Å². The average Bonchev–Trinajstić information content (AvgIpc) is 2.75. The van der Waals surface area contributed by atoms with Crippen LogP contribution >= 0.6 is 0 Å². The van der Waals surface area contributed by atoms with E-state index in [1.165, 1.54) is 30.4 Å². The maximum absolute atomic E-state index is 5.66.